The van der Waals surface area contributed by atoms with E-state index >= 15 is 0 Å². The third-order valence-electron chi connectivity index (χ3n) is 1.92. The van der Waals surface area contributed by atoms with Gasteiger partial charge in [0.05, 0.1) is 0 Å². The molecule has 1 rings (SSSR count). The lowest BCUT2D eigenvalue weighted by Gasteiger charge is -2.09. The van der Waals surface area contributed by atoms with Gasteiger partial charge in [0.15, 0.2) is 0 Å². The fourth-order valence-electron chi connectivity index (χ4n) is 1.23. The van der Waals surface area contributed by atoms with Crippen molar-refractivity contribution >= 4 is 0 Å². The lowest BCUT2D eigenvalue weighted by molar-refractivity contribution is 0.502. The Morgan fingerprint density at radius 2 is 2.40 bits per heavy atom. The van der Waals surface area contributed by atoms with E-state index in [1.165, 1.54) is 12.8 Å². The first kappa shape index (κ1) is 7.80. The van der Waals surface area contributed by atoms with Crippen LogP contribution < -0.4 is 5.32 Å². The second-order valence-corrected chi connectivity index (χ2v) is 3.41. The molecule has 1 heterocycles. The van der Waals surface area contributed by atoms with Gasteiger partial charge in [0.2, 0.25) is 0 Å². The number of hydrogen-bond acceptors (Lipinski definition) is 1. The van der Waals surface area contributed by atoms with Gasteiger partial charge in [0.1, 0.15) is 0 Å². The number of rotatable bonds is 3. The Bertz CT molecular complexity index is 116. The maximum absolute atomic E-state index is 3.40. The molecule has 0 spiro atoms. The highest BCUT2D eigenvalue weighted by Gasteiger charge is 2.07. The second kappa shape index (κ2) is 3.77. The van der Waals surface area contributed by atoms with Crippen LogP contribution in [-0.4, -0.2) is 12.6 Å². The van der Waals surface area contributed by atoms with Crippen molar-refractivity contribution in [2.45, 2.75) is 32.7 Å². The number of nitrogens with one attached hydrogen (secondary N) is 1. The van der Waals surface area contributed by atoms with Gasteiger partial charge in [-0.05, 0) is 18.8 Å². The molecule has 58 valence electrons. The maximum atomic E-state index is 3.40. The molecular weight excluding hydrogens is 122 g/mol. The maximum Gasteiger partial charge on any atom is 0.0253 e. The summed E-state index contributed by atoms with van der Waals surface area (Å²) in [6.07, 6.45) is 7.13. The van der Waals surface area contributed by atoms with Crippen LogP contribution in [0.15, 0.2) is 12.2 Å². The normalized spacial score (nSPS) is 24.5. The minimum Gasteiger partial charge on any atom is -0.307 e. The summed E-state index contributed by atoms with van der Waals surface area (Å²) in [6, 6.07) is 0.669. The molecule has 0 saturated carbocycles. The molecule has 10 heavy (non-hydrogen) atoms. The summed E-state index contributed by atoms with van der Waals surface area (Å²) in [5.41, 5.74) is 0. The van der Waals surface area contributed by atoms with Gasteiger partial charge >= 0.3 is 0 Å². The first-order chi connectivity index (χ1) is 4.79. The van der Waals surface area contributed by atoms with Crippen molar-refractivity contribution in [1.29, 1.82) is 0 Å². The summed E-state index contributed by atoms with van der Waals surface area (Å²) in [7, 11) is 0. The van der Waals surface area contributed by atoms with Crippen molar-refractivity contribution in [3.8, 4) is 0 Å². The van der Waals surface area contributed by atoms with Gasteiger partial charge in [-0.1, -0.05) is 26.0 Å². The van der Waals surface area contributed by atoms with E-state index in [9.17, 15) is 0 Å². The molecule has 0 bridgehead atoms. The van der Waals surface area contributed by atoms with E-state index in [0.29, 0.717) is 6.04 Å². The molecule has 1 atom stereocenters. The van der Waals surface area contributed by atoms with Crippen molar-refractivity contribution in [3.05, 3.63) is 12.2 Å². The third kappa shape index (κ3) is 2.53. The molecule has 1 heteroatoms. The molecule has 0 aromatic heterocycles. The predicted molar refractivity (Wildman–Crippen MR) is 45.0 cm³/mol. The molecule has 1 unspecified atom stereocenters. The Kier molecular flexibility index (Phi) is 2.94. The van der Waals surface area contributed by atoms with Crippen LogP contribution in [0, 0.1) is 5.92 Å². The molecule has 0 saturated heterocycles. The molecule has 1 N–H and O–H groups in total. The molecule has 0 aromatic carbocycles. The molecule has 0 amide bonds. The van der Waals surface area contributed by atoms with E-state index in [1.54, 1.807) is 0 Å². The topological polar surface area (TPSA) is 12.0 Å². The molecule has 1 aliphatic rings. The van der Waals surface area contributed by atoms with E-state index in [0.717, 1.165) is 12.5 Å². The van der Waals surface area contributed by atoms with Gasteiger partial charge in [0.25, 0.3) is 0 Å². The minimum atomic E-state index is 0.669. The lowest BCUT2D eigenvalue weighted by atomic mass is 10.0. The van der Waals surface area contributed by atoms with Gasteiger partial charge in [-0.15, -0.1) is 0 Å². The fraction of sp³-hybridized carbons (Fsp3) is 0.778. The molecule has 1 aliphatic heterocycles. The smallest absolute Gasteiger partial charge is 0.0253 e. The summed E-state index contributed by atoms with van der Waals surface area (Å²) in [4.78, 5) is 0. The van der Waals surface area contributed by atoms with Gasteiger partial charge in [-0.25, -0.2) is 0 Å². The molecular formula is C9H17N. The van der Waals surface area contributed by atoms with Crippen molar-refractivity contribution in [2.75, 3.05) is 6.54 Å². The Morgan fingerprint density at radius 1 is 1.60 bits per heavy atom. The molecule has 1 nitrogen and oxygen atoms in total. The van der Waals surface area contributed by atoms with E-state index < -0.39 is 0 Å². The summed E-state index contributed by atoms with van der Waals surface area (Å²) >= 11 is 0. The second-order valence-electron chi connectivity index (χ2n) is 3.41. The van der Waals surface area contributed by atoms with E-state index in [1.807, 2.05) is 0 Å². The Morgan fingerprint density at radius 3 is 2.90 bits per heavy atom. The van der Waals surface area contributed by atoms with Gasteiger partial charge in [-0.2, -0.15) is 0 Å². The van der Waals surface area contributed by atoms with Crippen LogP contribution in [0.3, 0.4) is 0 Å². The number of hydrogen-bond donors (Lipinski definition) is 1. The highest BCUT2D eigenvalue weighted by atomic mass is 14.9. The van der Waals surface area contributed by atoms with Gasteiger partial charge < -0.3 is 5.32 Å². The van der Waals surface area contributed by atoms with Crippen molar-refractivity contribution < 1.29 is 0 Å². The fourth-order valence-corrected chi connectivity index (χ4v) is 1.23. The molecule has 0 fully saturated rings. The van der Waals surface area contributed by atoms with Crippen molar-refractivity contribution in [1.82, 2.24) is 5.32 Å². The van der Waals surface area contributed by atoms with Gasteiger partial charge in [0, 0.05) is 12.6 Å². The van der Waals surface area contributed by atoms with Gasteiger partial charge in [-0.3, -0.25) is 0 Å². The highest BCUT2D eigenvalue weighted by molar-refractivity contribution is 5.01. The largest absolute Gasteiger partial charge is 0.307 e. The van der Waals surface area contributed by atoms with Crippen LogP contribution in [0.2, 0.25) is 0 Å². The first-order valence-electron chi connectivity index (χ1n) is 4.19. The lowest BCUT2D eigenvalue weighted by Crippen LogP contribution is -2.22. The molecule has 0 aliphatic carbocycles. The predicted octanol–water partition coefficient (Wildman–Crippen LogP) is 1.95. The average Bonchev–Trinajstić information content (AvgIpc) is 2.34. The zero-order chi connectivity index (χ0) is 7.40. The van der Waals surface area contributed by atoms with Crippen LogP contribution in [0.25, 0.3) is 0 Å². The van der Waals surface area contributed by atoms with Crippen LogP contribution >= 0.6 is 0 Å². The van der Waals surface area contributed by atoms with E-state index in [-0.39, 0.29) is 0 Å². The zero-order valence-electron chi connectivity index (χ0n) is 6.93. The van der Waals surface area contributed by atoms with E-state index in [4.69, 9.17) is 0 Å². The van der Waals surface area contributed by atoms with Crippen LogP contribution in [0.1, 0.15) is 26.7 Å². The summed E-state index contributed by atoms with van der Waals surface area (Å²) in [5.74, 6) is 0.843. The standard InChI is InChI=1S/C9H17N/c1-8(2)5-6-9-4-3-7-10-9/h3-4,8-10H,5-7H2,1-2H3. The monoisotopic (exact) mass is 139 g/mol. The van der Waals surface area contributed by atoms with E-state index in [2.05, 4.69) is 31.3 Å². The molecule has 0 aromatic rings. The third-order valence-corrected chi connectivity index (χ3v) is 1.92. The molecule has 0 radical (unpaired) electrons. The summed E-state index contributed by atoms with van der Waals surface area (Å²) in [5, 5.41) is 3.40. The van der Waals surface area contributed by atoms with Crippen molar-refractivity contribution in [3.63, 3.8) is 0 Å². The van der Waals surface area contributed by atoms with Crippen LogP contribution in [0.4, 0.5) is 0 Å². The zero-order valence-corrected chi connectivity index (χ0v) is 6.93. The Hall–Kier alpha value is -0.300. The van der Waals surface area contributed by atoms with Crippen LogP contribution in [-0.2, 0) is 0 Å². The quantitative estimate of drug-likeness (QED) is 0.589. The SMILES string of the molecule is CC(C)CCC1C=CCN1. The average molecular weight is 139 g/mol. The summed E-state index contributed by atoms with van der Waals surface area (Å²) in [6.45, 7) is 5.63. The Balaban J connectivity index is 2.08. The minimum absolute atomic E-state index is 0.669. The first-order valence-corrected chi connectivity index (χ1v) is 4.19. The highest BCUT2D eigenvalue weighted by Crippen LogP contribution is 2.09. The van der Waals surface area contributed by atoms with Crippen LogP contribution in [0.5, 0.6) is 0 Å². The Labute approximate surface area is 63.5 Å². The summed E-state index contributed by atoms with van der Waals surface area (Å²) < 4.78 is 0. The van der Waals surface area contributed by atoms with Crippen molar-refractivity contribution in [2.24, 2.45) is 5.92 Å².